The molecule has 13 heavy (non-hydrogen) atoms. The molecular formula is C11H12N2. The number of aryl methyl sites for hydroxylation is 2. The summed E-state index contributed by atoms with van der Waals surface area (Å²) in [6.07, 6.45) is 5.90. The number of hydrogen-bond acceptors (Lipinski definition) is 1. The van der Waals surface area contributed by atoms with Crippen LogP contribution in [0.2, 0.25) is 0 Å². The van der Waals surface area contributed by atoms with E-state index in [-0.39, 0.29) is 0 Å². The van der Waals surface area contributed by atoms with Crippen LogP contribution in [0.4, 0.5) is 0 Å². The molecule has 0 fully saturated rings. The summed E-state index contributed by atoms with van der Waals surface area (Å²) in [5.74, 6) is 0.980. The van der Waals surface area contributed by atoms with E-state index in [1.807, 2.05) is 35.3 Å². The maximum Gasteiger partial charge on any atom is 0.136 e. The molecule has 2 heterocycles. The van der Waals surface area contributed by atoms with Crippen LogP contribution >= 0.6 is 0 Å². The summed E-state index contributed by atoms with van der Waals surface area (Å²) in [7, 11) is 0. The van der Waals surface area contributed by atoms with Gasteiger partial charge in [-0.1, -0.05) is 0 Å². The third-order valence-corrected chi connectivity index (χ3v) is 2.23. The number of rotatable bonds is 1. The fraction of sp³-hybridized carbons (Fsp3) is 0.182. The largest absolute Gasteiger partial charge is 0.309 e. The highest BCUT2D eigenvalue weighted by Gasteiger charge is 1.98. The van der Waals surface area contributed by atoms with Crippen molar-refractivity contribution < 1.29 is 0 Å². The fourth-order valence-corrected chi connectivity index (χ4v) is 1.24. The fourth-order valence-electron chi connectivity index (χ4n) is 1.24. The van der Waals surface area contributed by atoms with Gasteiger partial charge in [0.05, 0.1) is 0 Å². The lowest BCUT2D eigenvalue weighted by Gasteiger charge is -2.04. The molecular weight excluding hydrogens is 160 g/mol. The van der Waals surface area contributed by atoms with Gasteiger partial charge in [-0.2, -0.15) is 0 Å². The molecule has 0 atom stereocenters. The van der Waals surface area contributed by atoms with E-state index in [9.17, 15) is 0 Å². The van der Waals surface area contributed by atoms with Crippen molar-refractivity contribution in [1.29, 1.82) is 0 Å². The van der Waals surface area contributed by atoms with E-state index in [4.69, 9.17) is 0 Å². The molecule has 2 heteroatoms. The van der Waals surface area contributed by atoms with Gasteiger partial charge in [-0.05, 0) is 43.2 Å². The summed E-state index contributed by atoms with van der Waals surface area (Å²) >= 11 is 0. The molecule has 0 aromatic carbocycles. The molecule has 2 aromatic rings. The lowest BCUT2D eigenvalue weighted by Crippen LogP contribution is -1.95. The second-order valence-corrected chi connectivity index (χ2v) is 3.22. The number of nitrogens with zero attached hydrogens (tertiary/aromatic N) is 2. The van der Waals surface area contributed by atoms with Crippen LogP contribution in [0.15, 0.2) is 36.8 Å². The predicted molar refractivity (Wildman–Crippen MR) is 53.0 cm³/mol. The SMILES string of the molecule is Cc1cnc(-n2cccc2)cc1C. The molecule has 0 saturated heterocycles. The van der Waals surface area contributed by atoms with Crippen molar-refractivity contribution in [1.82, 2.24) is 9.55 Å². The second kappa shape index (κ2) is 3.05. The Labute approximate surface area is 77.9 Å². The van der Waals surface area contributed by atoms with Crippen molar-refractivity contribution in [3.63, 3.8) is 0 Å². The van der Waals surface area contributed by atoms with Crippen molar-refractivity contribution in [2.45, 2.75) is 13.8 Å². The standard InChI is InChI=1S/C11H12N2/c1-9-7-11(12-8-10(9)2)13-5-3-4-6-13/h3-8H,1-2H3. The van der Waals surface area contributed by atoms with Gasteiger partial charge in [-0.3, -0.25) is 0 Å². The Morgan fingerprint density at radius 3 is 2.38 bits per heavy atom. The number of hydrogen-bond donors (Lipinski definition) is 0. The average molecular weight is 172 g/mol. The first-order valence-electron chi connectivity index (χ1n) is 4.34. The molecule has 66 valence electrons. The lowest BCUT2D eigenvalue weighted by atomic mass is 10.2. The van der Waals surface area contributed by atoms with Gasteiger partial charge >= 0.3 is 0 Å². The van der Waals surface area contributed by atoms with Crippen molar-refractivity contribution in [3.05, 3.63) is 47.9 Å². The molecule has 0 radical (unpaired) electrons. The van der Waals surface area contributed by atoms with Gasteiger partial charge in [0, 0.05) is 18.6 Å². The summed E-state index contributed by atoms with van der Waals surface area (Å²) in [5, 5.41) is 0. The number of aromatic nitrogens is 2. The minimum Gasteiger partial charge on any atom is -0.309 e. The van der Waals surface area contributed by atoms with Crippen LogP contribution in [0.1, 0.15) is 11.1 Å². The summed E-state index contributed by atoms with van der Waals surface area (Å²) in [5.41, 5.74) is 2.51. The minimum absolute atomic E-state index is 0.980. The molecule has 2 aromatic heterocycles. The summed E-state index contributed by atoms with van der Waals surface area (Å²) in [4.78, 5) is 4.34. The number of pyridine rings is 1. The highest BCUT2D eigenvalue weighted by atomic mass is 15.0. The smallest absolute Gasteiger partial charge is 0.136 e. The Hall–Kier alpha value is -1.57. The quantitative estimate of drug-likeness (QED) is 0.646. The molecule has 0 amide bonds. The van der Waals surface area contributed by atoms with Gasteiger partial charge < -0.3 is 4.57 Å². The zero-order chi connectivity index (χ0) is 9.26. The monoisotopic (exact) mass is 172 g/mol. The predicted octanol–water partition coefficient (Wildman–Crippen LogP) is 2.49. The van der Waals surface area contributed by atoms with Crippen LogP contribution in [0.25, 0.3) is 5.82 Å². The van der Waals surface area contributed by atoms with Crippen molar-refractivity contribution >= 4 is 0 Å². The summed E-state index contributed by atoms with van der Waals surface area (Å²) in [6.45, 7) is 4.17. The van der Waals surface area contributed by atoms with Gasteiger partial charge in [0.1, 0.15) is 5.82 Å². The lowest BCUT2D eigenvalue weighted by molar-refractivity contribution is 0.995. The van der Waals surface area contributed by atoms with Crippen molar-refractivity contribution in [2.75, 3.05) is 0 Å². The molecule has 2 nitrogen and oxygen atoms in total. The molecule has 0 aliphatic rings. The first-order valence-corrected chi connectivity index (χ1v) is 4.34. The third-order valence-electron chi connectivity index (χ3n) is 2.23. The van der Waals surface area contributed by atoms with Crippen LogP contribution in [0.5, 0.6) is 0 Å². The zero-order valence-electron chi connectivity index (χ0n) is 7.86. The van der Waals surface area contributed by atoms with Gasteiger partial charge in [0.15, 0.2) is 0 Å². The first kappa shape index (κ1) is 8.05. The van der Waals surface area contributed by atoms with Crippen LogP contribution < -0.4 is 0 Å². The van der Waals surface area contributed by atoms with Crippen LogP contribution in [0.3, 0.4) is 0 Å². The molecule has 0 N–H and O–H groups in total. The first-order chi connectivity index (χ1) is 6.27. The maximum absolute atomic E-state index is 4.34. The average Bonchev–Trinajstić information content (AvgIpc) is 2.62. The molecule has 2 rings (SSSR count). The van der Waals surface area contributed by atoms with E-state index in [2.05, 4.69) is 24.9 Å². The maximum atomic E-state index is 4.34. The molecule has 0 bridgehead atoms. The highest BCUT2D eigenvalue weighted by molar-refractivity contribution is 5.32. The molecule has 0 saturated carbocycles. The Kier molecular flexibility index (Phi) is 1.89. The third kappa shape index (κ3) is 1.47. The Morgan fingerprint density at radius 1 is 1.08 bits per heavy atom. The molecule has 0 aliphatic carbocycles. The minimum atomic E-state index is 0.980. The molecule has 0 unspecified atom stereocenters. The molecule has 0 spiro atoms. The Morgan fingerprint density at radius 2 is 1.77 bits per heavy atom. The normalized spacial score (nSPS) is 10.3. The Bertz CT molecular complexity index is 402. The topological polar surface area (TPSA) is 17.8 Å². The van der Waals surface area contributed by atoms with E-state index in [0.29, 0.717) is 0 Å². The van der Waals surface area contributed by atoms with Crippen LogP contribution in [-0.2, 0) is 0 Å². The van der Waals surface area contributed by atoms with E-state index < -0.39 is 0 Å². The van der Waals surface area contributed by atoms with E-state index in [0.717, 1.165) is 5.82 Å². The van der Waals surface area contributed by atoms with E-state index >= 15 is 0 Å². The van der Waals surface area contributed by atoms with Gasteiger partial charge in [-0.15, -0.1) is 0 Å². The van der Waals surface area contributed by atoms with Crippen LogP contribution in [-0.4, -0.2) is 9.55 Å². The van der Waals surface area contributed by atoms with Crippen molar-refractivity contribution in [2.24, 2.45) is 0 Å². The van der Waals surface area contributed by atoms with E-state index in [1.54, 1.807) is 0 Å². The van der Waals surface area contributed by atoms with Crippen molar-refractivity contribution in [3.8, 4) is 5.82 Å². The van der Waals surface area contributed by atoms with Gasteiger partial charge in [-0.25, -0.2) is 4.98 Å². The van der Waals surface area contributed by atoms with Crippen LogP contribution in [0, 0.1) is 13.8 Å². The highest BCUT2D eigenvalue weighted by Crippen LogP contribution is 2.10. The summed E-state index contributed by atoms with van der Waals surface area (Å²) in [6, 6.07) is 6.09. The zero-order valence-corrected chi connectivity index (χ0v) is 7.86. The van der Waals surface area contributed by atoms with E-state index in [1.165, 1.54) is 11.1 Å². The Balaban J connectivity index is 2.49. The summed E-state index contributed by atoms with van der Waals surface area (Å²) < 4.78 is 2.01. The van der Waals surface area contributed by atoms with Gasteiger partial charge in [0.25, 0.3) is 0 Å². The van der Waals surface area contributed by atoms with Gasteiger partial charge in [0.2, 0.25) is 0 Å². The second-order valence-electron chi connectivity index (χ2n) is 3.22. The molecule has 0 aliphatic heterocycles.